The van der Waals surface area contributed by atoms with Crippen molar-refractivity contribution in [3.05, 3.63) is 54.1 Å². The second-order valence-electron chi connectivity index (χ2n) is 6.69. The average Bonchev–Trinajstić information content (AvgIpc) is 3.26. The molecular weight excluding hydrogens is 330 g/mol. The van der Waals surface area contributed by atoms with Crippen LogP contribution in [0.25, 0.3) is 0 Å². The van der Waals surface area contributed by atoms with E-state index in [-0.39, 0.29) is 12.1 Å². The SMILES string of the molecule is C=C(C)COc1cc(CN[C@H]2CCO[C@@H]2c2nccn2C)ccc1OC. The molecule has 2 heterocycles. The molecule has 0 amide bonds. The smallest absolute Gasteiger partial charge is 0.161 e. The van der Waals surface area contributed by atoms with Crippen molar-refractivity contribution in [2.75, 3.05) is 20.3 Å². The summed E-state index contributed by atoms with van der Waals surface area (Å²) in [6.45, 7) is 7.76. The monoisotopic (exact) mass is 357 g/mol. The quantitative estimate of drug-likeness (QED) is 0.736. The van der Waals surface area contributed by atoms with Crippen molar-refractivity contribution in [2.45, 2.75) is 32.0 Å². The van der Waals surface area contributed by atoms with Gasteiger partial charge in [-0.3, -0.25) is 0 Å². The summed E-state index contributed by atoms with van der Waals surface area (Å²) in [5, 5.41) is 3.60. The first kappa shape index (κ1) is 18.5. The van der Waals surface area contributed by atoms with Gasteiger partial charge in [-0.2, -0.15) is 0 Å². The van der Waals surface area contributed by atoms with E-state index in [4.69, 9.17) is 14.2 Å². The van der Waals surface area contributed by atoms with Crippen molar-refractivity contribution < 1.29 is 14.2 Å². The van der Waals surface area contributed by atoms with Crippen LogP contribution in [0.5, 0.6) is 11.5 Å². The number of benzene rings is 1. The molecule has 1 aromatic heterocycles. The van der Waals surface area contributed by atoms with Gasteiger partial charge in [0.1, 0.15) is 18.5 Å². The highest BCUT2D eigenvalue weighted by Crippen LogP contribution is 2.30. The van der Waals surface area contributed by atoms with Crippen molar-refractivity contribution in [3.8, 4) is 11.5 Å². The lowest BCUT2D eigenvalue weighted by atomic mass is 10.1. The van der Waals surface area contributed by atoms with Crippen LogP contribution in [0.1, 0.15) is 30.8 Å². The molecule has 140 valence electrons. The van der Waals surface area contributed by atoms with Crippen LogP contribution in [0, 0.1) is 0 Å². The van der Waals surface area contributed by atoms with Crippen molar-refractivity contribution in [2.24, 2.45) is 7.05 Å². The van der Waals surface area contributed by atoms with E-state index in [0.717, 1.165) is 48.0 Å². The number of aromatic nitrogens is 2. The van der Waals surface area contributed by atoms with Crippen LogP contribution in [0.15, 0.2) is 42.7 Å². The minimum absolute atomic E-state index is 0.0209. The molecule has 0 unspecified atom stereocenters. The fourth-order valence-corrected chi connectivity index (χ4v) is 3.10. The van der Waals surface area contributed by atoms with Crippen LogP contribution in [-0.4, -0.2) is 35.9 Å². The topological polar surface area (TPSA) is 57.5 Å². The molecule has 0 bridgehead atoms. The fourth-order valence-electron chi connectivity index (χ4n) is 3.10. The van der Waals surface area contributed by atoms with Crippen LogP contribution in [0.2, 0.25) is 0 Å². The predicted octanol–water partition coefficient (Wildman–Crippen LogP) is 3.00. The third-order valence-corrected chi connectivity index (χ3v) is 4.48. The maximum Gasteiger partial charge on any atom is 0.161 e. The summed E-state index contributed by atoms with van der Waals surface area (Å²) in [5.41, 5.74) is 2.10. The minimum Gasteiger partial charge on any atom is -0.493 e. The van der Waals surface area contributed by atoms with Crippen LogP contribution < -0.4 is 14.8 Å². The van der Waals surface area contributed by atoms with E-state index >= 15 is 0 Å². The number of ether oxygens (including phenoxy) is 3. The summed E-state index contributed by atoms with van der Waals surface area (Å²) in [7, 11) is 3.64. The maximum atomic E-state index is 5.90. The number of nitrogens with one attached hydrogen (secondary N) is 1. The number of aryl methyl sites for hydroxylation is 1. The largest absolute Gasteiger partial charge is 0.493 e. The second kappa shape index (κ2) is 8.38. The molecule has 6 nitrogen and oxygen atoms in total. The Labute approximate surface area is 154 Å². The minimum atomic E-state index is -0.0209. The average molecular weight is 357 g/mol. The molecule has 1 aromatic carbocycles. The second-order valence-corrected chi connectivity index (χ2v) is 6.69. The van der Waals surface area contributed by atoms with Crippen LogP contribution in [0.4, 0.5) is 0 Å². The Hall–Kier alpha value is -2.31. The number of hydrogen-bond donors (Lipinski definition) is 1. The van der Waals surface area contributed by atoms with Crippen molar-refractivity contribution in [3.63, 3.8) is 0 Å². The first-order valence-corrected chi connectivity index (χ1v) is 8.84. The van der Waals surface area contributed by atoms with Crippen LogP contribution in [-0.2, 0) is 18.3 Å². The van der Waals surface area contributed by atoms with E-state index in [2.05, 4.69) is 16.9 Å². The van der Waals surface area contributed by atoms with Gasteiger partial charge in [0.05, 0.1) is 7.11 Å². The molecule has 3 rings (SSSR count). The van der Waals surface area contributed by atoms with Crippen LogP contribution >= 0.6 is 0 Å². The summed E-state index contributed by atoms with van der Waals surface area (Å²) in [6, 6.07) is 6.23. The zero-order valence-corrected chi connectivity index (χ0v) is 15.7. The van der Waals surface area contributed by atoms with Crippen molar-refractivity contribution in [1.82, 2.24) is 14.9 Å². The van der Waals surface area contributed by atoms with Gasteiger partial charge in [0.25, 0.3) is 0 Å². The Morgan fingerprint density at radius 3 is 2.96 bits per heavy atom. The Morgan fingerprint density at radius 2 is 2.27 bits per heavy atom. The lowest BCUT2D eigenvalue weighted by Crippen LogP contribution is -2.32. The molecular formula is C20H27N3O3. The standard InChI is InChI=1S/C20H27N3O3/c1-14(2)13-26-18-11-15(5-6-17(18)24-4)12-22-16-7-10-25-19(16)20-21-8-9-23(20)3/h5-6,8-9,11,16,19,22H,1,7,10,12-13H2,2-4H3/t16-,19-/m0/s1. The van der Waals surface area contributed by atoms with Gasteiger partial charge in [-0.05, 0) is 36.6 Å². The molecule has 1 saturated heterocycles. The third kappa shape index (κ3) is 4.26. The van der Waals surface area contributed by atoms with E-state index < -0.39 is 0 Å². The van der Waals surface area contributed by atoms with Gasteiger partial charge in [0, 0.05) is 38.6 Å². The van der Waals surface area contributed by atoms with E-state index in [1.165, 1.54) is 0 Å². The summed E-state index contributed by atoms with van der Waals surface area (Å²) in [6.07, 6.45) is 4.70. The van der Waals surface area contributed by atoms with Crippen molar-refractivity contribution >= 4 is 0 Å². The molecule has 2 aromatic rings. The Morgan fingerprint density at radius 1 is 1.42 bits per heavy atom. The van der Waals surface area contributed by atoms with Crippen molar-refractivity contribution in [1.29, 1.82) is 0 Å². The molecule has 26 heavy (non-hydrogen) atoms. The zero-order chi connectivity index (χ0) is 18.5. The number of hydrogen-bond acceptors (Lipinski definition) is 5. The molecule has 6 heteroatoms. The lowest BCUT2D eigenvalue weighted by Gasteiger charge is -2.20. The normalized spacial score (nSPS) is 19.5. The molecule has 0 radical (unpaired) electrons. The van der Waals surface area contributed by atoms with Gasteiger partial charge in [0.15, 0.2) is 11.5 Å². The first-order valence-electron chi connectivity index (χ1n) is 8.84. The Kier molecular flexibility index (Phi) is 5.96. The Balaban J connectivity index is 1.66. The highest BCUT2D eigenvalue weighted by atomic mass is 16.5. The lowest BCUT2D eigenvalue weighted by molar-refractivity contribution is 0.0893. The van der Waals surface area contributed by atoms with E-state index in [0.29, 0.717) is 6.61 Å². The molecule has 1 aliphatic heterocycles. The van der Waals surface area contributed by atoms with Gasteiger partial charge in [0.2, 0.25) is 0 Å². The number of rotatable bonds is 8. The first-order chi connectivity index (χ1) is 12.6. The zero-order valence-electron chi connectivity index (χ0n) is 15.7. The van der Waals surface area contributed by atoms with E-state index in [1.807, 2.05) is 49.1 Å². The highest BCUT2D eigenvalue weighted by Gasteiger charge is 2.31. The summed E-state index contributed by atoms with van der Waals surface area (Å²) < 4.78 is 19.1. The molecule has 1 aliphatic rings. The molecule has 0 aliphatic carbocycles. The number of methoxy groups -OCH3 is 1. The molecule has 1 N–H and O–H groups in total. The maximum absolute atomic E-state index is 5.90. The molecule has 1 fully saturated rings. The predicted molar refractivity (Wildman–Crippen MR) is 100 cm³/mol. The van der Waals surface area contributed by atoms with Gasteiger partial charge in [-0.1, -0.05) is 12.6 Å². The summed E-state index contributed by atoms with van der Waals surface area (Å²) >= 11 is 0. The van der Waals surface area contributed by atoms with E-state index in [9.17, 15) is 0 Å². The van der Waals surface area contributed by atoms with Gasteiger partial charge in [-0.25, -0.2) is 4.98 Å². The summed E-state index contributed by atoms with van der Waals surface area (Å²) in [4.78, 5) is 4.43. The highest BCUT2D eigenvalue weighted by molar-refractivity contribution is 5.43. The Bertz CT molecular complexity index is 757. The van der Waals surface area contributed by atoms with Gasteiger partial charge < -0.3 is 24.1 Å². The molecule has 2 atom stereocenters. The molecule has 0 spiro atoms. The third-order valence-electron chi connectivity index (χ3n) is 4.48. The van der Waals surface area contributed by atoms with E-state index in [1.54, 1.807) is 7.11 Å². The molecule has 0 saturated carbocycles. The van der Waals surface area contributed by atoms with Crippen LogP contribution in [0.3, 0.4) is 0 Å². The van der Waals surface area contributed by atoms with Gasteiger partial charge in [-0.15, -0.1) is 0 Å². The fraction of sp³-hybridized carbons (Fsp3) is 0.450. The summed E-state index contributed by atoms with van der Waals surface area (Å²) in [5.74, 6) is 2.42. The number of imidazole rings is 1. The number of nitrogens with zero attached hydrogens (tertiary/aromatic N) is 2. The van der Waals surface area contributed by atoms with Gasteiger partial charge >= 0.3 is 0 Å².